The first-order valence-corrected chi connectivity index (χ1v) is 6.88. The number of likely N-dealkylation sites (tertiary alicyclic amines) is 2. The predicted molar refractivity (Wildman–Crippen MR) is 69.5 cm³/mol. The van der Waals surface area contributed by atoms with Crippen LogP contribution in [0, 0.1) is 0 Å². The molecule has 3 N–H and O–H groups in total. The quantitative estimate of drug-likeness (QED) is 0.747. The summed E-state index contributed by atoms with van der Waals surface area (Å²) in [7, 11) is 0. The zero-order valence-electron chi connectivity index (χ0n) is 11.0. The second-order valence-electron chi connectivity index (χ2n) is 5.42. The van der Waals surface area contributed by atoms with Crippen LogP contribution in [0.5, 0.6) is 0 Å². The molecule has 2 fully saturated rings. The molecular weight excluding hydrogens is 244 g/mol. The van der Waals surface area contributed by atoms with Gasteiger partial charge in [-0.05, 0) is 32.4 Å². The van der Waals surface area contributed by atoms with Crippen molar-refractivity contribution in [3.8, 4) is 0 Å². The molecule has 1 unspecified atom stereocenters. The van der Waals surface area contributed by atoms with E-state index in [9.17, 15) is 4.79 Å². The Morgan fingerprint density at radius 2 is 2.11 bits per heavy atom. The van der Waals surface area contributed by atoms with E-state index in [-0.39, 0.29) is 5.91 Å². The lowest BCUT2D eigenvalue weighted by molar-refractivity contribution is 0.0763. The maximum Gasteiger partial charge on any atom is 0.276 e. The number of nitrogens with one attached hydrogen (secondary N) is 1. The minimum Gasteiger partial charge on any atom is -0.336 e. The third-order valence-electron chi connectivity index (χ3n) is 4.18. The number of nitrogens with two attached hydrogens (primary N) is 1. The Hall–Kier alpha value is -1.47. The van der Waals surface area contributed by atoms with Gasteiger partial charge in [-0.1, -0.05) is 0 Å². The van der Waals surface area contributed by atoms with Crippen molar-refractivity contribution >= 4 is 5.91 Å². The number of carbonyl (C=O) groups excluding carboxylic acids is 1. The lowest BCUT2D eigenvalue weighted by Crippen LogP contribution is -2.46. The molecule has 0 aromatic carbocycles. The first-order chi connectivity index (χ1) is 9.24. The highest BCUT2D eigenvalue weighted by Gasteiger charge is 2.32. The van der Waals surface area contributed by atoms with Crippen LogP contribution in [0.2, 0.25) is 0 Å². The molecule has 2 aliphatic heterocycles. The summed E-state index contributed by atoms with van der Waals surface area (Å²) in [6.45, 7) is 3.70. The van der Waals surface area contributed by atoms with Crippen molar-refractivity contribution in [2.75, 3.05) is 26.2 Å². The lowest BCUT2D eigenvalue weighted by atomic mass is 10.0. The van der Waals surface area contributed by atoms with Gasteiger partial charge in [-0.25, -0.2) is 0 Å². The monoisotopic (exact) mass is 264 g/mol. The summed E-state index contributed by atoms with van der Waals surface area (Å²) < 4.78 is 0. The van der Waals surface area contributed by atoms with E-state index in [0.717, 1.165) is 45.4 Å². The number of H-pyrrole nitrogens is 1. The Bertz CT molecular complexity index is 425. The summed E-state index contributed by atoms with van der Waals surface area (Å²) in [6, 6.07) is 0.828. The molecule has 0 bridgehead atoms. The van der Waals surface area contributed by atoms with Gasteiger partial charge in [-0.15, -0.1) is 0 Å². The van der Waals surface area contributed by atoms with Gasteiger partial charge in [0.15, 0.2) is 5.69 Å². The first-order valence-electron chi connectivity index (χ1n) is 6.88. The third kappa shape index (κ3) is 2.62. The second-order valence-corrected chi connectivity index (χ2v) is 5.42. The smallest absolute Gasteiger partial charge is 0.276 e. The minimum absolute atomic E-state index is 0.0232. The van der Waals surface area contributed by atoms with E-state index in [1.807, 2.05) is 4.90 Å². The van der Waals surface area contributed by atoms with Crippen molar-refractivity contribution in [1.82, 2.24) is 25.2 Å². The van der Waals surface area contributed by atoms with Gasteiger partial charge in [0.2, 0.25) is 0 Å². The van der Waals surface area contributed by atoms with Crippen LogP contribution in [0.3, 0.4) is 0 Å². The van der Waals surface area contributed by atoms with Crippen molar-refractivity contribution in [1.29, 1.82) is 0 Å². The van der Waals surface area contributed by atoms with Crippen LogP contribution in [0.25, 0.3) is 0 Å². The number of hydrogen-bond donors (Lipinski definition) is 2. The largest absolute Gasteiger partial charge is 0.336 e. The third-order valence-corrected chi connectivity index (χ3v) is 4.18. The van der Waals surface area contributed by atoms with E-state index < -0.39 is 0 Å². The van der Waals surface area contributed by atoms with Crippen LogP contribution < -0.4 is 5.73 Å². The van der Waals surface area contributed by atoms with Crippen LogP contribution in [-0.4, -0.2) is 69.4 Å². The fourth-order valence-corrected chi connectivity index (χ4v) is 2.98. The average Bonchev–Trinajstić information content (AvgIpc) is 3.10. The van der Waals surface area contributed by atoms with Crippen molar-refractivity contribution in [3.05, 3.63) is 11.9 Å². The molecule has 1 amide bonds. The lowest BCUT2D eigenvalue weighted by Gasteiger charge is -2.34. The molecule has 0 saturated carbocycles. The fraction of sp³-hybridized carbons (Fsp3) is 0.750. The Morgan fingerprint density at radius 3 is 2.79 bits per heavy atom. The Labute approximate surface area is 112 Å². The summed E-state index contributed by atoms with van der Waals surface area (Å²) in [5, 5.41) is 10.0. The SMILES string of the molecule is NC1CCN(C2CCN(C(=O)c3cn[nH]n3)C2)CC1. The number of aromatic amines is 1. The van der Waals surface area contributed by atoms with Crippen LogP contribution in [0.4, 0.5) is 0 Å². The molecule has 19 heavy (non-hydrogen) atoms. The maximum absolute atomic E-state index is 12.2. The predicted octanol–water partition coefficient (Wildman–Crippen LogP) is -0.558. The summed E-state index contributed by atoms with van der Waals surface area (Å²) in [6.07, 6.45) is 4.65. The van der Waals surface area contributed by atoms with Crippen molar-refractivity contribution < 1.29 is 4.79 Å². The van der Waals surface area contributed by atoms with Gasteiger partial charge in [0.05, 0.1) is 6.20 Å². The van der Waals surface area contributed by atoms with E-state index in [4.69, 9.17) is 5.73 Å². The summed E-state index contributed by atoms with van der Waals surface area (Å²) >= 11 is 0. The molecule has 0 spiro atoms. The highest BCUT2D eigenvalue weighted by Crippen LogP contribution is 2.20. The molecule has 2 saturated heterocycles. The number of piperidine rings is 1. The zero-order chi connectivity index (χ0) is 13.2. The number of nitrogens with zero attached hydrogens (tertiary/aromatic N) is 4. The van der Waals surface area contributed by atoms with Crippen molar-refractivity contribution in [2.45, 2.75) is 31.3 Å². The molecule has 1 aromatic rings. The zero-order valence-corrected chi connectivity index (χ0v) is 11.0. The molecule has 2 aliphatic rings. The van der Waals surface area contributed by atoms with Crippen LogP contribution in [-0.2, 0) is 0 Å². The number of amides is 1. The van der Waals surface area contributed by atoms with E-state index in [0.29, 0.717) is 17.8 Å². The maximum atomic E-state index is 12.2. The molecule has 0 aliphatic carbocycles. The number of rotatable bonds is 2. The normalized spacial score (nSPS) is 25.9. The fourth-order valence-electron chi connectivity index (χ4n) is 2.98. The summed E-state index contributed by atoms with van der Waals surface area (Å²) in [4.78, 5) is 16.5. The van der Waals surface area contributed by atoms with Gasteiger partial charge < -0.3 is 10.6 Å². The molecule has 1 aromatic heterocycles. The van der Waals surface area contributed by atoms with Crippen molar-refractivity contribution in [3.63, 3.8) is 0 Å². The van der Waals surface area contributed by atoms with Gasteiger partial charge in [-0.3, -0.25) is 9.69 Å². The first kappa shape index (κ1) is 12.6. The Morgan fingerprint density at radius 1 is 1.32 bits per heavy atom. The highest BCUT2D eigenvalue weighted by atomic mass is 16.2. The number of carbonyl (C=O) groups is 1. The van der Waals surface area contributed by atoms with Gasteiger partial charge in [0.1, 0.15) is 0 Å². The molecule has 0 radical (unpaired) electrons. The summed E-state index contributed by atoms with van der Waals surface area (Å²) in [5.74, 6) is -0.0232. The molecule has 3 heterocycles. The van der Waals surface area contributed by atoms with E-state index >= 15 is 0 Å². The van der Waals surface area contributed by atoms with E-state index in [2.05, 4.69) is 20.3 Å². The van der Waals surface area contributed by atoms with Crippen LogP contribution >= 0.6 is 0 Å². The molecule has 1 atom stereocenters. The van der Waals surface area contributed by atoms with Crippen molar-refractivity contribution in [2.24, 2.45) is 5.73 Å². The van der Waals surface area contributed by atoms with Gasteiger partial charge in [0.25, 0.3) is 5.91 Å². The second kappa shape index (κ2) is 5.26. The summed E-state index contributed by atoms with van der Waals surface area (Å²) in [5.41, 5.74) is 6.33. The Kier molecular flexibility index (Phi) is 3.48. The van der Waals surface area contributed by atoms with Gasteiger partial charge >= 0.3 is 0 Å². The van der Waals surface area contributed by atoms with Gasteiger partial charge in [0, 0.05) is 25.2 Å². The van der Waals surface area contributed by atoms with Crippen LogP contribution in [0.1, 0.15) is 29.8 Å². The molecule has 7 heteroatoms. The Balaban J connectivity index is 1.57. The van der Waals surface area contributed by atoms with Gasteiger partial charge in [-0.2, -0.15) is 15.4 Å². The minimum atomic E-state index is -0.0232. The number of hydrogen-bond acceptors (Lipinski definition) is 5. The van der Waals surface area contributed by atoms with E-state index in [1.165, 1.54) is 6.20 Å². The average molecular weight is 264 g/mol. The molecule has 104 valence electrons. The van der Waals surface area contributed by atoms with Crippen LogP contribution in [0.15, 0.2) is 6.20 Å². The molecule has 7 nitrogen and oxygen atoms in total. The molecule has 3 rings (SSSR count). The topological polar surface area (TPSA) is 91.1 Å². The standard InChI is InChI=1S/C12H20N6O/c13-9-1-4-17(5-2-9)10-3-6-18(8-10)12(19)11-7-14-16-15-11/h7,9-10H,1-6,8,13H2,(H,14,15,16). The molecular formula is C12H20N6O. The van der Waals surface area contributed by atoms with E-state index in [1.54, 1.807) is 0 Å². The number of aromatic nitrogens is 3. The highest BCUT2D eigenvalue weighted by molar-refractivity contribution is 5.92.